The molecule has 0 heterocycles. The summed E-state index contributed by atoms with van der Waals surface area (Å²) in [6, 6.07) is 10.7. The average molecular weight is 305 g/mol. The van der Waals surface area contributed by atoms with Crippen LogP contribution in [-0.4, -0.2) is 19.5 Å². The number of aryl methyl sites for hydroxylation is 2. The second-order valence-electron chi connectivity index (χ2n) is 4.78. The van der Waals surface area contributed by atoms with Crippen LogP contribution in [0, 0.1) is 13.8 Å². The molecular formula is C17H17ClO3. The summed E-state index contributed by atoms with van der Waals surface area (Å²) in [4.78, 5) is 12.2. The number of methoxy groups -OCH3 is 1. The van der Waals surface area contributed by atoms with E-state index in [1.807, 2.05) is 32.0 Å². The van der Waals surface area contributed by atoms with E-state index in [-0.39, 0.29) is 12.4 Å². The van der Waals surface area contributed by atoms with E-state index in [1.165, 1.54) is 0 Å². The maximum atomic E-state index is 12.2. The molecule has 0 spiro atoms. The number of ketones is 1. The van der Waals surface area contributed by atoms with E-state index in [4.69, 9.17) is 21.1 Å². The fraction of sp³-hybridized carbons (Fsp3) is 0.235. The van der Waals surface area contributed by atoms with Gasteiger partial charge in [0, 0.05) is 5.02 Å². The molecule has 0 unspecified atom stereocenters. The summed E-state index contributed by atoms with van der Waals surface area (Å²) in [6.07, 6.45) is 0. The summed E-state index contributed by atoms with van der Waals surface area (Å²) < 4.78 is 10.8. The maximum Gasteiger partial charge on any atom is 0.203 e. The van der Waals surface area contributed by atoms with Gasteiger partial charge in [-0.25, -0.2) is 0 Å². The first kappa shape index (κ1) is 15.4. The zero-order chi connectivity index (χ0) is 15.4. The van der Waals surface area contributed by atoms with Crippen LogP contribution < -0.4 is 9.47 Å². The second kappa shape index (κ2) is 6.64. The van der Waals surface area contributed by atoms with Crippen LogP contribution in [0.1, 0.15) is 21.5 Å². The number of benzene rings is 2. The van der Waals surface area contributed by atoms with E-state index in [0.717, 1.165) is 16.1 Å². The topological polar surface area (TPSA) is 35.5 Å². The fourth-order valence-corrected chi connectivity index (χ4v) is 2.20. The third-order valence-corrected chi connectivity index (χ3v) is 3.78. The first-order valence-electron chi connectivity index (χ1n) is 6.58. The van der Waals surface area contributed by atoms with Crippen molar-refractivity contribution in [2.24, 2.45) is 0 Å². The van der Waals surface area contributed by atoms with Crippen molar-refractivity contribution in [1.29, 1.82) is 0 Å². The van der Waals surface area contributed by atoms with Gasteiger partial charge >= 0.3 is 0 Å². The first-order chi connectivity index (χ1) is 10.0. The summed E-state index contributed by atoms with van der Waals surface area (Å²) in [6.45, 7) is 3.77. The molecule has 0 atom stereocenters. The average Bonchev–Trinajstić information content (AvgIpc) is 2.50. The number of carbonyl (C=O) groups excluding carboxylic acids is 1. The van der Waals surface area contributed by atoms with Gasteiger partial charge in [0.1, 0.15) is 11.5 Å². The van der Waals surface area contributed by atoms with Gasteiger partial charge in [0.2, 0.25) is 5.78 Å². The molecule has 2 rings (SSSR count). The molecule has 2 aromatic rings. The van der Waals surface area contributed by atoms with Crippen LogP contribution in [0.3, 0.4) is 0 Å². The summed E-state index contributed by atoms with van der Waals surface area (Å²) in [7, 11) is 1.54. The quantitative estimate of drug-likeness (QED) is 0.776. The second-order valence-corrected chi connectivity index (χ2v) is 5.16. The number of halogens is 1. The SMILES string of the molecule is COc1ccccc1C(=O)COc1cc(C)c(Cl)c(C)c1. The Balaban J connectivity index is 2.11. The molecule has 2 aromatic carbocycles. The molecule has 4 heteroatoms. The largest absolute Gasteiger partial charge is 0.496 e. The van der Waals surface area contributed by atoms with Crippen molar-refractivity contribution in [3.8, 4) is 11.5 Å². The number of carbonyl (C=O) groups is 1. The first-order valence-corrected chi connectivity index (χ1v) is 6.96. The molecule has 0 aromatic heterocycles. The summed E-state index contributed by atoms with van der Waals surface area (Å²) in [5.74, 6) is 1.06. The highest BCUT2D eigenvalue weighted by molar-refractivity contribution is 6.32. The standard InChI is InChI=1S/C17H17ClO3/c1-11-8-13(9-12(2)17(11)18)21-10-15(19)14-6-4-5-7-16(14)20-3/h4-9H,10H2,1-3H3. The van der Waals surface area contributed by atoms with Crippen LogP contribution in [-0.2, 0) is 0 Å². The highest BCUT2D eigenvalue weighted by Crippen LogP contribution is 2.26. The third kappa shape index (κ3) is 3.56. The highest BCUT2D eigenvalue weighted by Gasteiger charge is 2.12. The van der Waals surface area contributed by atoms with E-state index in [1.54, 1.807) is 25.3 Å². The van der Waals surface area contributed by atoms with Gasteiger partial charge in [0.15, 0.2) is 6.61 Å². The van der Waals surface area contributed by atoms with E-state index in [9.17, 15) is 4.79 Å². The molecular weight excluding hydrogens is 288 g/mol. The van der Waals surface area contributed by atoms with Crippen molar-refractivity contribution in [3.05, 3.63) is 58.1 Å². The molecule has 0 radical (unpaired) electrons. The minimum absolute atomic E-state index is 0.0408. The van der Waals surface area contributed by atoms with Gasteiger partial charge in [-0.2, -0.15) is 0 Å². The smallest absolute Gasteiger partial charge is 0.203 e. The van der Waals surface area contributed by atoms with Crippen molar-refractivity contribution in [2.45, 2.75) is 13.8 Å². The maximum absolute atomic E-state index is 12.2. The van der Waals surface area contributed by atoms with Gasteiger partial charge in [0.05, 0.1) is 12.7 Å². The van der Waals surface area contributed by atoms with Crippen LogP contribution in [0.2, 0.25) is 5.02 Å². The summed E-state index contributed by atoms with van der Waals surface area (Å²) in [5, 5.41) is 0.721. The Bertz CT molecular complexity index is 642. The molecule has 110 valence electrons. The molecule has 0 N–H and O–H groups in total. The van der Waals surface area contributed by atoms with Gasteiger partial charge in [-0.1, -0.05) is 23.7 Å². The Morgan fingerprint density at radius 1 is 1.14 bits per heavy atom. The minimum Gasteiger partial charge on any atom is -0.496 e. The lowest BCUT2D eigenvalue weighted by molar-refractivity contribution is 0.0918. The lowest BCUT2D eigenvalue weighted by Gasteiger charge is -2.11. The molecule has 0 bridgehead atoms. The molecule has 0 aliphatic rings. The highest BCUT2D eigenvalue weighted by atomic mass is 35.5. The van der Waals surface area contributed by atoms with E-state index < -0.39 is 0 Å². The number of hydrogen-bond acceptors (Lipinski definition) is 3. The van der Waals surface area contributed by atoms with Gasteiger partial charge in [-0.05, 0) is 49.2 Å². The molecule has 0 saturated carbocycles. The molecule has 3 nitrogen and oxygen atoms in total. The van der Waals surface area contributed by atoms with Crippen LogP contribution in [0.25, 0.3) is 0 Å². The predicted octanol–water partition coefficient (Wildman–Crippen LogP) is 4.23. The molecule has 0 aliphatic carbocycles. The summed E-state index contributed by atoms with van der Waals surface area (Å²) in [5.41, 5.74) is 2.37. The molecule has 0 fully saturated rings. The molecule has 0 amide bonds. The summed E-state index contributed by atoms with van der Waals surface area (Å²) >= 11 is 6.11. The Morgan fingerprint density at radius 3 is 2.38 bits per heavy atom. The number of rotatable bonds is 5. The van der Waals surface area contributed by atoms with Crippen molar-refractivity contribution in [1.82, 2.24) is 0 Å². The number of Topliss-reactive ketones (excluding diaryl/α,β-unsaturated/α-hetero) is 1. The van der Waals surface area contributed by atoms with Gasteiger partial charge in [0.25, 0.3) is 0 Å². The van der Waals surface area contributed by atoms with Crippen LogP contribution in [0.4, 0.5) is 0 Å². The Morgan fingerprint density at radius 2 is 1.76 bits per heavy atom. The normalized spacial score (nSPS) is 10.3. The fourth-order valence-electron chi connectivity index (χ4n) is 2.09. The van der Waals surface area contributed by atoms with Gasteiger partial charge in [-0.15, -0.1) is 0 Å². The third-order valence-electron chi connectivity index (χ3n) is 3.19. The van der Waals surface area contributed by atoms with Crippen LogP contribution >= 0.6 is 11.6 Å². The van der Waals surface area contributed by atoms with E-state index in [0.29, 0.717) is 17.1 Å². The lowest BCUT2D eigenvalue weighted by Crippen LogP contribution is -2.12. The Labute approximate surface area is 129 Å². The lowest BCUT2D eigenvalue weighted by atomic mass is 10.1. The minimum atomic E-state index is -0.127. The van der Waals surface area contributed by atoms with E-state index >= 15 is 0 Å². The van der Waals surface area contributed by atoms with Gasteiger partial charge in [-0.3, -0.25) is 4.79 Å². The predicted molar refractivity (Wildman–Crippen MR) is 83.7 cm³/mol. The number of para-hydroxylation sites is 1. The Kier molecular flexibility index (Phi) is 4.86. The monoisotopic (exact) mass is 304 g/mol. The number of hydrogen-bond donors (Lipinski definition) is 0. The van der Waals surface area contributed by atoms with Crippen molar-refractivity contribution in [3.63, 3.8) is 0 Å². The molecule has 0 saturated heterocycles. The van der Waals surface area contributed by atoms with Crippen LogP contribution in [0.5, 0.6) is 11.5 Å². The zero-order valence-corrected chi connectivity index (χ0v) is 13.0. The molecule has 0 aliphatic heterocycles. The molecule has 21 heavy (non-hydrogen) atoms. The Hall–Kier alpha value is -2.00. The zero-order valence-electron chi connectivity index (χ0n) is 12.3. The van der Waals surface area contributed by atoms with Crippen molar-refractivity contribution < 1.29 is 14.3 Å². The van der Waals surface area contributed by atoms with Crippen molar-refractivity contribution in [2.75, 3.05) is 13.7 Å². The van der Waals surface area contributed by atoms with Crippen molar-refractivity contribution >= 4 is 17.4 Å². The van der Waals surface area contributed by atoms with Gasteiger partial charge < -0.3 is 9.47 Å². The van der Waals surface area contributed by atoms with Crippen LogP contribution in [0.15, 0.2) is 36.4 Å². The van der Waals surface area contributed by atoms with E-state index in [2.05, 4.69) is 0 Å². The number of ether oxygens (including phenoxy) is 2.